The fraction of sp³-hybridized carbons (Fsp3) is 0.444. The zero-order valence-corrected chi connectivity index (χ0v) is 10.4. The molecular weight excluding hydrogens is 248 g/mol. The Morgan fingerprint density at radius 2 is 2.00 bits per heavy atom. The third-order valence-electron chi connectivity index (χ3n) is 2.01. The number of aliphatic carboxylic acids is 1. The molecule has 0 radical (unpaired) electrons. The molecule has 0 aliphatic rings. The van der Waals surface area contributed by atoms with Crippen LogP contribution in [0.2, 0.25) is 0 Å². The molecular formula is C9H12N2O5S. The van der Waals surface area contributed by atoms with E-state index in [0.717, 1.165) is 6.26 Å². The van der Waals surface area contributed by atoms with Crippen LogP contribution in [0.15, 0.2) is 5.16 Å². The average Bonchev–Trinajstić information content (AvgIpc) is 2.18. The summed E-state index contributed by atoms with van der Waals surface area (Å²) in [4.78, 5) is 18.1. The lowest BCUT2D eigenvalue weighted by molar-refractivity contribution is -0.136. The van der Waals surface area contributed by atoms with Crippen molar-refractivity contribution in [3.8, 4) is 5.88 Å². The van der Waals surface area contributed by atoms with E-state index in [4.69, 9.17) is 9.84 Å². The van der Waals surface area contributed by atoms with Crippen molar-refractivity contribution in [1.82, 2.24) is 9.97 Å². The number of nitrogens with zero attached hydrogens (tertiary/aromatic N) is 2. The maximum atomic E-state index is 11.3. The first-order chi connectivity index (χ1) is 7.75. The van der Waals surface area contributed by atoms with Crippen molar-refractivity contribution in [1.29, 1.82) is 0 Å². The lowest BCUT2D eigenvalue weighted by Crippen LogP contribution is -2.12. The van der Waals surface area contributed by atoms with Gasteiger partial charge in [-0.3, -0.25) is 4.79 Å². The van der Waals surface area contributed by atoms with Crippen molar-refractivity contribution in [2.75, 3.05) is 13.4 Å². The van der Waals surface area contributed by atoms with Crippen molar-refractivity contribution in [2.45, 2.75) is 18.5 Å². The van der Waals surface area contributed by atoms with Gasteiger partial charge in [-0.1, -0.05) is 0 Å². The number of methoxy groups -OCH3 is 1. The molecule has 94 valence electrons. The van der Waals surface area contributed by atoms with Gasteiger partial charge in [-0.15, -0.1) is 0 Å². The number of carboxylic acids is 1. The summed E-state index contributed by atoms with van der Waals surface area (Å²) in [6.07, 6.45) is 0.650. The summed E-state index contributed by atoms with van der Waals surface area (Å²) >= 11 is 0. The Labute approximate surface area is 98.4 Å². The maximum Gasteiger partial charge on any atom is 0.308 e. The van der Waals surface area contributed by atoms with E-state index in [1.807, 2.05) is 0 Å². The van der Waals surface area contributed by atoms with Crippen LogP contribution in [0.3, 0.4) is 0 Å². The summed E-state index contributed by atoms with van der Waals surface area (Å²) in [6.45, 7) is 1.51. The van der Waals surface area contributed by atoms with E-state index < -0.39 is 15.8 Å². The summed E-state index contributed by atoms with van der Waals surface area (Å²) in [5, 5.41) is 8.34. The number of ether oxygens (including phenoxy) is 1. The second kappa shape index (κ2) is 4.66. The molecule has 0 unspecified atom stereocenters. The van der Waals surface area contributed by atoms with Crippen LogP contribution in [0, 0.1) is 6.92 Å². The van der Waals surface area contributed by atoms with Gasteiger partial charge in [-0.25, -0.2) is 13.4 Å². The molecule has 1 heterocycles. The topological polar surface area (TPSA) is 106 Å². The van der Waals surface area contributed by atoms with Gasteiger partial charge in [0.2, 0.25) is 20.9 Å². The van der Waals surface area contributed by atoms with E-state index in [9.17, 15) is 13.2 Å². The SMILES string of the molecule is COc1nc(S(C)(=O)=O)nc(C)c1CC(=O)O. The van der Waals surface area contributed by atoms with E-state index in [0.29, 0.717) is 0 Å². The molecule has 1 N–H and O–H groups in total. The van der Waals surface area contributed by atoms with Gasteiger partial charge in [0.05, 0.1) is 13.5 Å². The number of carboxylic acid groups (broad SMARTS) is 1. The first-order valence-electron chi connectivity index (χ1n) is 4.59. The predicted molar refractivity (Wildman–Crippen MR) is 57.8 cm³/mol. The van der Waals surface area contributed by atoms with Gasteiger partial charge >= 0.3 is 5.97 Å². The van der Waals surface area contributed by atoms with Gasteiger partial charge < -0.3 is 9.84 Å². The summed E-state index contributed by atoms with van der Waals surface area (Å²) in [7, 11) is -2.26. The van der Waals surface area contributed by atoms with Crippen LogP contribution in [-0.2, 0) is 21.1 Å². The first kappa shape index (κ1) is 13.4. The molecule has 0 aliphatic heterocycles. The molecule has 7 nitrogen and oxygen atoms in total. The van der Waals surface area contributed by atoms with E-state index in [1.54, 1.807) is 0 Å². The largest absolute Gasteiger partial charge is 0.481 e. The standard InChI is InChI=1S/C9H12N2O5S/c1-5-6(4-7(12)13)8(16-2)11-9(10-5)17(3,14)15/h4H2,1-3H3,(H,12,13). The minimum Gasteiger partial charge on any atom is -0.481 e. The third-order valence-corrected chi connectivity index (χ3v) is 2.85. The van der Waals surface area contributed by atoms with Crippen molar-refractivity contribution in [3.63, 3.8) is 0 Å². The molecule has 0 aromatic carbocycles. The minimum atomic E-state index is -3.55. The molecule has 1 aromatic rings. The van der Waals surface area contributed by atoms with Crippen molar-refractivity contribution >= 4 is 15.8 Å². The number of hydrogen-bond acceptors (Lipinski definition) is 6. The Kier molecular flexibility index (Phi) is 3.66. The molecule has 0 aliphatic carbocycles. The molecule has 0 saturated heterocycles. The van der Waals surface area contributed by atoms with Gasteiger partial charge in [0, 0.05) is 17.5 Å². The van der Waals surface area contributed by atoms with Crippen LogP contribution < -0.4 is 4.74 Å². The quantitative estimate of drug-likeness (QED) is 0.748. The highest BCUT2D eigenvalue weighted by molar-refractivity contribution is 7.90. The van der Waals surface area contributed by atoms with Crippen LogP contribution >= 0.6 is 0 Å². The fourth-order valence-corrected chi connectivity index (χ4v) is 1.79. The van der Waals surface area contributed by atoms with Gasteiger partial charge in [-0.05, 0) is 6.92 Å². The summed E-state index contributed by atoms with van der Waals surface area (Å²) in [5.41, 5.74) is 0.548. The van der Waals surface area contributed by atoms with Gasteiger partial charge in [0.15, 0.2) is 0 Å². The summed E-state index contributed by atoms with van der Waals surface area (Å²) in [5.74, 6) is -1.09. The molecule has 1 aromatic heterocycles. The van der Waals surface area contributed by atoms with Crippen molar-refractivity contribution in [2.24, 2.45) is 0 Å². The normalized spacial score (nSPS) is 11.2. The lowest BCUT2D eigenvalue weighted by Gasteiger charge is -2.09. The molecule has 1 rings (SSSR count). The van der Waals surface area contributed by atoms with Gasteiger partial charge in [-0.2, -0.15) is 4.98 Å². The highest BCUT2D eigenvalue weighted by atomic mass is 32.2. The van der Waals surface area contributed by atoms with E-state index >= 15 is 0 Å². The average molecular weight is 260 g/mol. The fourth-order valence-electron chi connectivity index (χ4n) is 1.23. The monoisotopic (exact) mass is 260 g/mol. The predicted octanol–water partition coefficient (Wildman–Crippen LogP) is -0.176. The lowest BCUT2D eigenvalue weighted by atomic mass is 10.1. The second-order valence-corrected chi connectivity index (χ2v) is 5.33. The van der Waals surface area contributed by atoms with E-state index in [1.165, 1.54) is 14.0 Å². The van der Waals surface area contributed by atoms with Crippen molar-refractivity contribution in [3.05, 3.63) is 11.3 Å². The van der Waals surface area contributed by atoms with Crippen LogP contribution in [0.25, 0.3) is 0 Å². The molecule has 0 spiro atoms. The Morgan fingerprint density at radius 3 is 2.41 bits per heavy atom. The molecule has 8 heteroatoms. The highest BCUT2D eigenvalue weighted by Crippen LogP contribution is 2.20. The van der Waals surface area contributed by atoms with Crippen LogP contribution in [0.1, 0.15) is 11.3 Å². The Morgan fingerprint density at radius 1 is 1.41 bits per heavy atom. The third kappa shape index (κ3) is 3.13. The van der Waals surface area contributed by atoms with E-state index in [-0.39, 0.29) is 28.7 Å². The zero-order valence-electron chi connectivity index (χ0n) is 9.59. The van der Waals surface area contributed by atoms with Gasteiger partial charge in [0.25, 0.3) is 0 Å². The molecule has 0 amide bonds. The number of carbonyl (C=O) groups is 1. The molecule has 0 atom stereocenters. The Balaban J connectivity index is 3.41. The maximum absolute atomic E-state index is 11.3. The van der Waals surface area contributed by atoms with E-state index in [2.05, 4.69) is 9.97 Å². The van der Waals surface area contributed by atoms with Gasteiger partial charge in [0.1, 0.15) is 0 Å². The smallest absolute Gasteiger partial charge is 0.308 e. The minimum absolute atomic E-state index is 0.0275. The number of aryl methyl sites for hydroxylation is 1. The molecule has 17 heavy (non-hydrogen) atoms. The molecule has 0 bridgehead atoms. The highest BCUT2D eigenvalue weighted by Gasteiger charge is 2.19. The first-order valence-corrected chi connectivity index (χ1v) is 6.48. The number of sulfone groups is 1. The summed E-state index contributed by atoms with van der Waals surface area (Å²) in [6, 6.07) is 0. The molecule has 0 fully saturated rings. The zero-order chi connectivity index (χ0) is 13.2. The second-order valence-electron chi connectivity index (χ2n) is 3.42. The Bertz CT molecular complexity index is 553. The number of rotatable bonds is 4. The summed E-state index contributed by atoms with van der Waals surface area (Å²) < 4.78 is 27.5. The van der Waals surface area contributed by atoms with Crippen LogP contribution in [0.4, 0.5) is 0 Å². The number of aromatic nitrogens is 2. The Hall–Kier alpha value is -1.70. The van der Waals surface area contributed by atoms with Crippen LogP contribution in [-0.4, -0.2) is 42.8 Å². The molecule has 0 saturated carbocycles. The van der Waals surface area contributed by atoms with Crippen molar-refractivity contribution < 1.29 is 23.1 Å². The van der Waals surface area contributed by atoms with Crippen LogP contribution in [0.5, 0.6) is 5.88 Å². The number of hydrogen-bond donors (Lipinski definition) is 1.